The molecule has 0 fully saturated rings. The summed E-state index contributed by atoms with van der Waals surface area (Å²) in [6, 6.07) is 17.5. The number of rotatable bonds is 1. The van der Waals surface area contributed by atoms with Gasteiger partial charge in [0.25, 0.3) is 0 Å². The second kappa shape index (κ2) is 4.53. The first-order chi connectivity index (χ1) is 8.34. The van der Waals surface area contributed by atoms with Crippen molar-refractivity contribution in [1.82, 2.24) is 0 Å². The third kappa shape index (κ3) is 2.09. The summed E-state index contributed by atoms with van der Waals surface area (Å²) in [5, 5.41) is 3.62. The molecule has 0 saturated carbocycles. The van der Waals surface area contributed by atoms with Crippen molar-refractivity contribution in [2.24, 2.45) is 0 Å². The molecule has 2 aromatic carbocycles. The summed E-state index contributed by atoms with van der Waals surface area (Å²) in [6.07, 6.45) is 2.28. The monoisotopic (exact) mass is 287 g/mol. The summed E-state index contributed by atoms with van der Waals surface area (Å²) in [5.74, 6) is 0. The second-order valence-electron chi connectivity index (χ2n) is 4.41. The number of anilines is 1. The molecular formula is C15H14BrN. The van der Waals surface area contributed by atoms with Crippen LogP contribution in [0.25, 0.3) is 0 Å². The molecular weight excluding hydrogens is 274 g/mol. The van der Waals surface area contributed by atoms with E-state index in [-0.39, 0.29) is 0 Å². The van der Waals surface area contributed by atoms with Crippen LogP contribution in [-0.2, 0) is 6.42 Å². The highest BCUT2D eigenvalue weighted by molar-refractivity contribution is 9.10. The Kier molecular flexibility index (Phi) is 2.89. The SMILES string of the molecule is Brc1cccc2c1CCC(c1ccccc1)N2. The van der Waals surface area contributed by atoms with E-state index in [1.54, 1.807) is 0 Å². The van der Waals surface area contributed by atoms with E-state index in [9.17, 15) is 0 Å². The molecule has 1 heterocycles. The van der Waals surface area contributed by atoms with Crippen LogP contribution in [0.4, 0.5) is 5.69 Å². The summed E-state index contributed by atoms with van der Waals surface area (Å²) in [4.78, 5) is 0. The number of halogens is 1. The predicted octanol–water partition coefficient (Wildman–Crippen LogP) is 4.55. The van der Waals surface area contributed by atoms with E-state index in [2.05, 4.69) is 69.8 Å². The fourth-order valence-electron chi connectivity index (χ4n) is 2.43. The predicted molar refractivity (Wildman–Crippen MR) is 75.3 cm³/mol. The Bertz CT molecular complexity index is 522. The molecule has 2 heteroatoms. The molecule has 1 unspecified atom stereocenters. The molecule has 0 bridgehead atoms. The second-order valence-corrected chi connectivity index (χ2v) is 5.27. The number of fused-ring (bicyclic) bond motifs is 1. The Balaban J connectivity index is 1.91. The van der Waals surface area contributed by atoms with Crippen LogP contribution in [0.15, 0.2) is 53.0 Å². The van der Waals surface area contributed by atoms with Gasteiger partial charge in [0, 0.05) is 10.2 Å². The minimum atomic E-state index is 0.443. The van der Waals surface area contributed by atoms with Crippen molar-refractivity contribution in [3.8, 4) is 0 Å². The van der Waals surface area contributed by atoms with Crippen molar-refractivity contribution in [2.75, 3.05) is 5.32 Å². The van der Waals surface area contributed by atoms with E-state index >= 15 is 0 Å². The molecule has 2 aromatic rings. The third-order valence-electron chi connectivity index (χ3n) is 3.33. The van der Waals surface area contributed by atoms with Crippen LogP contribution in [0.2, 0.25) is 0 Å². The van der Waals surface area contributed by atoms with E-state index in [0.29, 0.717) is 6.04 Å². The van der Waals surface area contributed by atoms with Crippen molar-refractivity contribution in [3.05, 3.63) is 64.1 Å². The van der Waals surface area contributed by atoms with Gasteiger partial charge >= 0.3 is 0 Å². The Morgan fingerprint density at radius 2 is 1.82 bits per heavy atom. The van der Waals surface area contributed by atoms with Gasteiger partial charge in [0.1, 0.15) is 0 Å². The van der Waals surface area contributed by atoms with Crippen LogP contribution in [0.5, 0.6) is 0 Å². The molecule has 1 nitrogen and oxygen atoms in total. The summed E-state index contributed by atoms with van der Waals surface area (Å²) in [7, 11) is 0. The van der Waals surface area contributed by atoms with E-state index in [0.717, 1.165) is 12.8 Å². The molecule has 1 N–H and O–H groups in total. The highest BCUT2D eigenvalue weighted by atomic mass is 79.9. The van der Waals surface area contributed by atoms with Gasteiger partial charge in [0.05, 0.1) is 6.04 Å². The Morgan fingerprint density at radius 3 is 2.65 bits per heavy atom. The first kappa shape index (κ1) is 10.8. The first-order valence-corrected chi connectivity index (χ1v) is 6.73. The van der Waals surface area contributed by atoms with Crippen molar-refractivity contribution in [2.45, 2.75) is 18.9 Å². The van der Waals surface area contributed by atoms with Crippen LogP contribution < -0.4 is 5.32 Å². The Morgan fingerprint density at radius 1 is 1.00 bits per heavy atom. The zero-order valence-corrected chi connectivity index (χ0v) is 11.1. The van der Waals surface area contributed by atoms with E-state index in [1.165, 1.54) is 21.3 Å². The minimum absolute atomic E-state index is 0.443. The zero-order chi connectivity index (χ0) is 11.7. The van der Waals surface area contributed by atoms with Gasteiger partial charge in [-0.15, -0.1) is 0 Å². The molecule has 1 aliphatic heterocycles. The van der Waals surface area contributed by atoms with E-state index in [1.807, 2.05) is 0 Å². The molecule has 0 spiro atoms. The lowest BCUT2D eigenvalue weighted by Gasteiger charge is -2.28. The lowest BCUT2D eigenvalue weighted by molar-refractivity contribution is 0.666. The van der Waals surface area contributed by atoms with Gasteiger partial charge in [0.15, 0.2) is 0 Å². The zero-order valence-electron chi connectivity index (χ0n) is 9.49. The van der Waals surface area contributed by atoms with Crippen molar-refractivity contribution in [1.29, 1.82) is 0 Å². The summed E-state index contributed by atoms with van der Waals surface area (Å²) in [6.45, 7) is 0. The fourth-order valence-corrected chi connectivity index (χ4v) is 3.00. The third-order valence-corrected chi connectivity index (χ3v) is 4.08. The molecule has 1 atom stereocenters. The normalized spacial score (nSPS) is 18.3. The largest absolute Gasteiger partial charge is 0.378 e. The Labute approximate surface area is 110 Å². The molecule has 1 aliphatic rings. The smallest absolute Gasteiger partial charge is 0.0517 e. The highest BCUT2D eigenvalue weighted by Crippen LogP contribution is 2.35. The summed E-state index contributed by atoms with van der Waals surface area (Å²) < 4.78 is 1.22. The summed E-state index contributed by atoms with van der Waals surface area (Å²) >= 11 is 3.62. The van der Waals surface area contributed by atoms with Gasteiger partial charge in [-0.25, -0.2) is 0 Å². The van der Waals surface area contributed by atoms with Gasteiger partial charge in [-0.05, 0) is 36.1 Å². The maximum atomic E-state index is 3.62. The molecule has 86 valence electrons. The van der Waals surface area contributed by atoms with Crippen LogP contribution >= 0.6 is 15.9 Å². The van der Waals surface area contributed by atoms with Gasteiger partial charge in [-0.1, -0.05) is 52.3 Å². The molecule has 0 aliphatic carbocycles. The van der Waals surface area contributed by atoms with Gasteiger partial charge < -0.3 is 5.32 Å². The topological polar surface area (TPSA) is 12.0 Å². The Hall–Kier alpha value is -1.28. The van der Waals surface area contributed by atoms with Crippen molar-refractivity contribution >= 4 is 21.6 Å². The van der Waals surface area contributed by atoms with Gasteiger partial charge in [0.2, 0.25) is 0 Å². The van der Waals surface area contributed by atoms with Crippen LogP contribution in [0.3, 0.4) is 0 Å². The van der Waals surface area contributed by atoms with Crippen LogP contribution in [-0.4, -0.2) is 0 Å². The fraction of sp³-hybridized carbons (Fsp3) is 0.200. The number of hydrogen-bond donors (Lipinski definition) is 1. The number of hydrogen-bond acceptors (Lipinski definition) is 1. The van der Waals surface area contributed by atoms with Crippen molar-refractivity contribution < 1.29 is 0 Å². The lowest BCUT2D eigenvalue weighted by Crippen LogP contribution is -2.18. The van der Waals surface area contributed by atoms with Gasteiger partial charge in [-0.3, -0.25) is 0 Å². The molecule has 0 saturated heterocycles. The maximum absolute atomic E-state index is 3.62. The summed E-state index contributed by atoms with van der Waals surface area (Å²) in [5.41, 5.74) is 4.04. The molecule has 0 amide bonds. The number of benzene rings is 2. The lowest BCUT2D eigenvalue weighted by atomic mass is 9.93. The molecule has 0 radical (unpaired) electrons. The van der Waals surface area contributed by atoms with Crippen molar-refractivity contribution in [3.63, 3.8) is 0 Å². The average Bonchev–Trinajstić information content (AvgIpc) is 2.40. The van der Waals surface area contributed by atoms with Gasteiger partial charge in [-0.2, -0.15) is 0 Å². The van der Waals surface area contributed by atoms with Crippen LogP contribution in [0.1, 0.15) is 23.6 Å². The minimum Gasteiger partial charge on any atom is -0.378 e. The number of nitrogens with one attached hydrogen (secondary N) is 1. The maximum Gasteiger partial charge on any atom is 0.0517 e. The van der Waals surface area contributed by atoms with E-state index < -0.39 is 0 Å². The van der Waals surface area contributed by atoms with E-state index in [4.69, 9.17) is 0 Å². The molecule has 0 aromatic heterocycles. The average molecular weight is 288 g/mol. The van der Waals surface area contributed by atoms with Crippen LogP contribution in [0, 0.1) is 0 Å². The first-order valence-electron chi connectivity index (χ1n) is 5.93. The standard InChI is InChI=1S/C15H14BrN/c16-13-7-4-8-15-12(13)9-10-14(17-15)11-5-2-1-3-6-11/h1-8,14,17H,9-10H2. The molecule has 17 heavy (non-hydrogen) atoms. The quantitative estimate of drug-likeness (QED) is 0.811. The molecule has 3 rings (SSSR count). The highest BCUT2D eigenvalue weighted by Gasteiger charge is 2.19.